The number of carbonyl (C=O) groups is 1. The third-order valence-corrected chi connectivity index (χ3v) is 4.87. The third-order valence-electron chi connectivity index (χ3n) is 4.87. The first kappa shape index (κ1) is 17.2. The molecule has 7 heteroatoms. The number of hydrogen-bond acceptors (Lipinski definition) is 5. The lowest BCUT2D eigenvalue weighted by molar-refractivity contribution is 0.0740. The Bertz CT molecular complexity index is 898. The molecule has 1 amide bonds. The van der Waals surface area contributed by atoms with Crippen LogP contribution in [0.1, 0.15) is 23.0 Å². The van der Waals surface area contributed by atoms with E-state index in [2.05, 4.69) is 44.1 Å². The fraction of sp³-hybridized carbons (Fsp3) is 0.300. The van der Waals surface area contributed by atoms with E-state index in [1.165, 1.54) is 5.56 Å². The molecule has 0 spiro atoms. The van der Waals surface area contributed by atoms with Gasteiger partial charge in [0.25, 0.3) is 5.91 Å². The van der Waals surface area contributed by atoms with Gasteiger partial charge in [0, 0.05) is 44.1 Å². The van der Waals surface area contributed by atoms with Crippen LogP contribution in [-0.2, 0) is 6.42 Å². The molecule has 1 aliphatic heterocycles. The molecular weight excluding hydrogens is 340 g/mol. The summed E-state index contributed by atoms with van der Waals surface area (Å²) >= 11 is 0. The number of piperazine rings is 1. The first-order valence-electron chi connectivity index (χ1n) is 9.20. The molecule has 1 N–H and O–H groups in total. The van der Waals surface area contributed by atoms with Crippen LogP contribution in [0.3, 0.4) is 0 Å². The molecule has 7 nitrogen and oxygen atoms in total. The molecule has 0 aliphatic carbocycles. The van der Waals surface area contributed by atoms with Crippen molar-refractivity contribution >= 4 is 11.9 Å². The van der Waals surface area contributed by atoms with Gasteiger partial charge in [-0.3, -0.25) is 9.89 Å². The van der Waals surface area contributed by atoms with Crippen molar-refractivity contribution in [1.82, 2.24) is 25.1 Å². The van der Waals surface area contributed by atoms with E-state index in [1.807, 2.05) is 23.1 Å². The molecule has 27 heavy (non-hydrogen) atoms. The second kappa shape index (κ2) is 7.57. The number of benzene rings is 1. The summed E-state index contributed by atoms with van der Waals surface area (Å²) in [6, 6.07) is 11.9. The molecule has 0 atom stereocenters. The topological polar surface area (TPSA) is 78.0 Å². The zero-order valence-electron chi connectivity index (χ0n) is 15.3. The maximum atomic E-state index is 12.8. The molecule has 1 aliphatic rings. The summed E-state index contributed by atoms with van der Waals surface area (Å²) < 4.78 is 0. The van der Waals surface area contributed by atoms with Gasteiger partial charge in [0.05, 0.1) is 5.69 Å². The van der Waals surface area contributed by atoms with E-state index in [4.69, 9.17) is 0 Å². The van der Waals surface area contributed by atoms with Crippen molar-refractivity contribution in [2.24, 2.45) is 0 Å². The molecule has 0 unspecified atom stereocenters. The Morgan fingerprint density at radius 2 is 1.78 bits per heavy atom. The van der Waals surface area contributed by atoms with Crippen LogP contribution in [0.2, 0.25) is 0 Å². The predicted molar refractivity (Wildman–Crippen MR) is 104 cm³/mol. The predicted octanol–water partition coefficient (Wildman–Crippen LogP) is 2.39. The highest BCUT2D eigenvalue weighted by Crippen LogP contribution is 2.20. The highest BCUT2D eigenvalue weighted by Gasteiger charge is 2.24. The fourth-order valence-corrected chi connectivity index (χ4v) is 3.22. The number of hydrogen-bond donors (Lipinski definition) is 1. The van der Waals surface area contributed by atoms with E-state index in [-0.39, 0.29) is 5.91 Å². The first-order chi connectivity index (χ1) is 13.2. The summed E-state index contributed by atoms with van der Waals surface area (Å²) in [5.74, 6) is 0.691. The van der Waals surface area contributed by atoms with Crippen LogP contribution in [-0.4, -0.2) is 57.2 Å². The zero-order valence-corrected chi connectivity index (χ0v) is 15.3. The molecule has 3 heterocycles. The van der Waals surface area contributed by atoms with Crippen molar-refractivity contribution in [3.8, 4) is 11.3 Å². The van der Waals surface area contributed by atoms with Crippen molar-refractivity contribution in [3.63, 3.8) is 0 Å². The van der Waals surface area contributed by atoms with Gasteiger partial charge in [-0.05, 0) is 24.1 Å². The number of anilines is 1. The molecule has 0 saturated carbocycles. The van der Waals surface area contributed by atoms with Crippen LogP contribution in [0.15, 0.2) is 48.8 Å². The van der Waals surface area contributed by atoms with Crippen molar-refractivity contribution in [3.05, 3.63) is 60.0 Å². The molecule has 3 aromatic rings. The minimum absolute atomic E-state index is 0.0208. The number of H-pyrrole nitrogens is 1. The van der Waals surface area contributed by atoms with Gasteiger partial charge in [0.15, 0.2) is 0 Å². The van der Waals surface area contributed by atoms with Crippen molar-refractivity contribution in [2.75, 3.05) is 31.1 Å². The summed E-state index contributed by atoms with van der Waals surface area (Å²) in [4.78, 5) is 25.3. The van der Waals surface area contributed by atoms with E-state index in [0.717, 1.165) is 30.8 Å². The molecule has 1 fully saturated rings. The first-order valence-corrected chi connectivity index (χ1v) is 9.20. The molecular formula is C20H22N6O. The van der Waals surface area contributed by atoms with Crippen LogP contribution in [0.5, 0.6) is 0 Å². The lowest BCUT2D eigenvalue weighted by Gasteiger charge is -2.34. The number of nitrogens with zero attached hydrogens (tertiary/aromatic N) is 5. The molecule has 138 valence electrons. The van der Waals surface area contributed by atoms with E-state index >= 15 is 0 Å². The minimum atomic E-state index is -0.0208. The van der Waals surface area contributed by atoms with Gasteiger partial charge in [-0.25, -0.2) is 9.97 Å². The number of carbonyl (C=O) groups excluding carboxylic acids is 1. The summed E-state index contributed by atoms with van der Waals surface area (Å²) in [5.41, 5.74) is 3.60. The van der Waals surface area contributed by atoms with Gasteiger partial charge < -0.3 is 9.80 Å². The Morgan fingerprint density at radius 1 is 1.07 bits per heavy atom. The van der Waals surface area contributed by atoms with Crippen LogP contribution >= 0.6 is 0 Å². The summed E-state index contributed by atoms with van der Waals surface area (Å²) in [6.07, 6.45) is 4.47. The van der Waals surface area contributed by atoms with Crippen LogP contribution in [0.4, 0.5) is 5.95 Å². The van der Waals surface area contributed by atoms with Crippen LogP contribution in [0, 0.1) is 0 Å². The smallest absolute Gasteiger partial charge is 0.272 e. The molecule has 4 rings (SSSR count). The van der Waals surface area contributed by atoms with Gasteiger partial charge in [-0.15, -0.1) is 0 Å². The Labute approximate surface area is 158 Å². The summed E-state index contributed by atoms with van der Waals surface area (Å²) in [7, 11) is 0. The lowest BCUT2D eigenvalue weighted by atomic mass is 10.1. The van der Waals surface area contributed by atoms with Gasteiger partial charge in [0.1, 0.15) is 5.69 Å². The standard InChI is InChI=1S/C20H22N6O/c1-2-15-4-6-16(7-5-15)17-14-18(24-23-17)19(27)25-10-12-26(13-11-25)20-21-8-3-9-22-20/h3-9,14H,2,10-13H2,1H3,(H,23,24). The van der Waals surface area contributed by atoms with Gasteiger partial charge >= 0.3 is 0 Å². The fourth-order valence-electron chi connectivity index (χ4n) is 3.22. The second-order valence-electron chi connectivity index (χ2n) is 6.55. The maximum Gasteiger partial charge on any atom is 0.272 e. The monoisotopic (exact) mass is 362 g/mol. The highest BCUT2D eigenvalue weighted by molar-refractivity contribution is 5.93. The molecule has 0 radical (unpaired) electrons. The number of nitrogens with one attached hydrogen (secondary N) is 1. The zero-order chi connectivity index (χ0) is 18.6. The van der Waals surface area contributed by atoms with Crippen LogP contribution < -0.4 is 4.90 Å². The Hall–Kier alpha value is -3.22. The number of aromatic amines is 1. The van der Waals surface area contributed by atoms with Crippen molar-refractivity contribution in [1.29, 1.82) is 0 Å². The average Bonchev–Trinajstić information content (AvgIpc) is 3.24. The van der Waals surface area contributed by atoms with Gasteiger partial charge in [-0.1, -0.05) is 31.2 Å². The minimum Gasteiger partial charge on any atom is -0.337 e. The van der Waals surface area contributed by atoms with Crippen LogP contribution in [0.25, 0.3) is 11.3 Å². The number of aromatic nitrogens is 4. The summed E-state index contributed by atoms with van der Waals surface area (Å²) in [5, 5.41) is 7.21. The Balaban J connectivity index is 1.41. The van der Waals surface area contributed by atoms with E-state index in [9.17, 15) is 4.79 Å². The van der Waals surface area contributed by atoms with E-state index in [0.29, 0.717) is 24.7 Å². The molecule has 1 aromatic carbocycles. The van der Waals surface area contributed by atoms with Gasteiger partial charge in [0.2, 0.25) is 5.95 Å². The van der Waals surface area contributed by atoms with Crippen molar-refractivity contribution < 1.29 is 4.79 Å². The second-order valence-corrected chi connectivity index (χ2v) is 6.55. The molecule has 1 saturated heterocycles. The Morgan fingerprint density at radius 3 is 2.44 bits per heavy atom. The maximum absolute atomic E-state index is 12.8. The van der Waals surface area contributed by atoms with Gasteiger partial charge in [-0.2, -0.15) is 5.10 Å². The SMILES string of the molecule is CCc1ccc(-c2cc(C(=O)N3CCN(c4ncccn4)CC3)[nH]n2)cc1. The average molecular weight is 362 g/mol. The third kappa shape index (κ3) is 3.67. The Kier molecular flexibility index (Phi) is 4.82. The van der Waals surface area contributed by atoms with Crippen molar-refractivity contribution in [2.45, 2.75) is 13.3 Å². The number of amides is 1. The number of rotatable bonds is 4. The quantitative estimate of drug-likeness (QED) is 0.771. The lowest BCUT2D eigenvalue weighted by Crippen LogP contribution is -2.49. The number of aryl methyl sites for hydroxylation is 1. The van der Waals surface area contributed by atoms with E-state index in [1.54, 1.807) is 18.5 Å². The highest BCUT2D eigenvalue weighted by atomic mass is 16.2. The summed E-state index contributed by atoms with van der Waals surface area (Å²) in [6.45, 7) is 4.84. The normalized spacial score (nSPS) is 14.4. The molecule has 2 aromatic heterocycles. The molecule has 0 bridgehead atoms. The van der Waals surface area contributed by atoms with E-state index < -0.39 is 0 Å². The largest absolute Gasteiger partial charge is 0.337 e.